The second-order valence-corrected chi connectivity index (χ2v) is 2.73. The highest BCUT2D eigenvalue weighted by Crippen LogP contribution is 2.06. The lowest BCUT2D eigenvalue weighted by molar-refractivity contribution is -0.153. The SMILES string of the molecule is CCOC(=O)C(F)n1cc(F)c(=O)[nH]c1=O. The number of carbonyl (C=O) groups is 1. The summed E-state index contributed by atoms with van der Waals surface area (Å²) in [6, 6.07) is 0. The smallest absolute Gasteiger partial charge is 0.362 e. The van der Waals surface area contributed by atoms with Gasteiger partial charge in [-0.15, -0.1) is 0 Å². The van der Waals surface area contributed by atoms with Crippen LogP contribution < -0.4 is 11.2 Å². The van der Waals surface area contributed by atoms with Crippen molar-refractivity contribution in [2.75, 3.05) is 6.61 Å². The maximum Gasteiger partial charge on any atom is 0.362 e. The standard InChI is InChI=1S/C8H8F2N2O4/c1-2-16-7(14)5(10)12-3-4(9)6(13)11-8(12)15/h3,5H,2H2,1H3,(H,11,13,15). The van der Waals surface area contributed by atoms with Crippen LogP contribution in [0.1, 0.15) is 13.2 Å². The van der Waals surface area contributed by atoms with E-state index in [1.807, 2.05) is 0 Å². The van der Waals surface area contributed by atoms with Gasteiger partial charge in [0, 0.05) is 0 Å². The molecule has 0 fully saturated rings. The van der Waals surface area contributed by atoms with E-state index in [-0.39, 0.29) is 11.2 Å². The van der Waals surface area contributed by atoms with E-state index in [9.17, 15) is 23.2 Å². The summed E-state index contributed by atoms with van der Waals surface area (Å²) in [5.74, 6) is -2.71. The monoisotopic (exact) mass is 234 g/mol. The lowest BCUT2D eigenvalue weighted by Gasteiger charge is -2.09. The first-order valence-electron chi connectivity index (χ1n) is 4.29. The highest BCUT2D eigenvalue weighted by atomic mass is 19.1. The van der Waals surface area contributed by atoms with E-state index in [0.29, 0.717) is 6.20 Å². The van der Waals surface area contributed by atoms with Gasteiger partial charge < -0.3 is 4.74 Å². The fraction of sp³-hybridized carbons (Fsp3) is 0.375. The van der Waals surface area contributed by atoms with E-state index in [2.05, 4.69) is 4.74 Å². The Morgan fingerprint density at radius 1 is 1.62 bits per heavy atom. The van der Waals surface area contributed by atoms with Crippen LogP contribution in [0.2, 0.25) is 0 Å². The van der Waals surface area contributed by atoms with Gasteiger partial charge in [-0.3, -0.25) is 14.3 Å². The molecule has 0 saturated carbocycles. The van der Waals surface area contributed by atoms with Crippen molar-refractivity contribution >= 4 is 5.97 Å². The van der Waals surface area contributed by atoms with Crippen LogP contribution in [0.4, 0.5) is 8.78 Å². The first kappa shape index (κ1) is 12.1. The Bertz CT molecular complexity index is 507. The van der Waals surface area contributed by atoms with Crippen LogP contribution in [-0.2, 0) is 9.53 Å². The molecule has 0 aliphatic heterocycles. The second kappa shape index (κ2) is 4.69. The van der Waals surface area contributed by atoms with Gasteiger partial charge in [0.2, 0.25) is 5.82 Å². The zero-order chi connectivity index (χ0) is 12.3. The molecule has 0 saturated heterocycles. The van der Waals surface area contributed by atoms with Crippen molar-refractivity contribution < 1.29 is 18.3 Å². The molecular formula is C8H8F2N2O4. The van der Waals surface area contributed by atoms with E-state index in [1.54, 1.807) is 0 Å². The van der Waals surface area contributed by atoms with Gasteiger partial charge in [-0.1, -0.05) is 0 Å². The molecular weight excluding hydrogens is 226 g/mol. The number of nitrogens with one attached hydrogen (secondary N) is 1. The van der Waals surface area contributed by atoms with Crippen molar-refractivity contribution in [2.45, 2.75) is 13.2 Å². The quantitative estimate of drug-likeness (QED) is 0.728. The van der Waals surface area contributed by atoms with Gasteiger partial charge in [0.15, 0.2) is 0 Å². The number of hydrogen-bond donors (Lipinski definition) is 1. The minimum Gasteiger partial charge on any atom is -0.462 e. The first-order chi connectivity index (χ1) is 7.47. The number of aromatic amines is 1. The number of carbonyl (C=O) groups excluding carboxylic acids is 1. The molecule has 1 atom stereocenters. The Balaban J connectivity index is 3.14. The van der Waals surface area contributed by atoms with Crippen LogP contribution in [0.3, 0.4) is 0 Å². The number of rotatable bonds is 3. The summed E-state index contributed by atoms with van der Waals surface area (Å²) in [7, 11) is 0. The molecule has 1 heterocycles. The fourth-order valence-corrected chi connectivity index (χ4v) is 0.954. The summed E-state index contributed by atoms with van der Waals surface area (Å²) in [6.45, 7) is 1.36. The zero-order valence-electron chi connectivity index (χ0n) is 8.20. The van der Waals surface area contributed by atoms with Crippen molar-refractivity contribution in [3.8, 4) is 0 Å². The summed E-state index contributed by atoms with van der Waals surface area (Å²) < 4.78 is 30.4. The molecule has 0 aliphatic carbocycles. The maximum atomic E-state index is 13.3. The van der Waals surface area contributed by atoms with Crippen molar-refractivity contribution in [1.29, 1.82) is 0 Å². The minimum atomic E-state index is -2.49. The number of H-pyrrole nitrogens is 1. The molecule has 1 unspecified atom stereocenters. The van der Waals surface area contributed by atoms with Crippen molar-refractivity contribution in [3.05, 3.63) is 32.9 Å². The largest absolute Gasteiger partial charge is 0.462 e. The van der Waals surface area contributed by atoms with Crippen LogP contribution >= 0.6 is 0 Å². The third kappa shape index (κ3) is 2.33. The summed E-state index contributed by atoms with van der Waals surface area (Å²) in [5, 5.41) is 0. The van der Waals surface area contributed by atoms with Crippen molar-refractivity contribution in [3.63, 3.8) is 0 Å². The molecule has 1 aromatic heterocycles. The van der Waals surface area contributed by atoms with Crippen molar-refractivity contribution in [2.24, 2.45) is 0 Å². The van der Waals surface area contributed by atoms with Crippen LogP contribution in [-0.4, -0.2) is 22.1 Å². The Hall–Kier alpha value is -1.99. The van der Waals surface area contributed by atoms with Gasteiger partial charge in [0.25, 0.3) is 11.9 Å². The predicted molar refractivity (Wildman–Crippen MR) is 48.1 cm³/mol. The second-order valence-electron chi connectivity index (χ2n) is 2.73. The summed E-state index contributed by atoms with van der Waals surface area (Å²) >= 11 is 0. The van der Waals surface area contributed by atoms with E-state index >= 15 is 0 Å². The maximum absolute atomic E-state index is 13.3. The third-order valence-corrected chi connectivity index (χ3v) is 1.65. The van der Waals surface area contributed by atoms with Crippen LogP contribution in [0.25, 0.3) is 0 Å². The van der Waals surface area contributed by atoms with Crippen LogP contribution in [0.15, 0.2) is 15.8 Å². The molecule has 8 heteroatoms. The molecule has 0 amide bonds. The number of alkyl halides is 1. The molecule has 1 rings (SSSR count). The molecule has 0 aromatic carbocycles. The van der Waals surface area contributed by atoms with Crippen LogP contribution in [0.5, 0.6) is 0 Å². The molecule has 0 aliphatic rings. The Morgan fingerprint density at radius 2 is 2.25 bits per heavy atom. The predicted octanol–water partition coefficient (Wildman–Crippen LogP) is -0.293. The third-order valence-electron chi connectivity index (χ3n) is 1.65. The van der Waals surface area contributed by atoms with Gasteiger partial charge in [-0.2, -0.15) is 4.39 Å². The normalized spacial score (nSPS) is 12.2. The Morgan fingerprint density at radius 3 is 2.81 bits per heavy atom. The average Bonchev–Trinajstić information content (AvgIpc) is 2.23. The summed E-state index contributed by atoms with van der Waals surface area (Å²) in [4.78, 5) is 34.1. The number of hydrogen-bond acceptors (Lipinski definition) is 4. The number of nitrogens with zero attached hydrogens (tertiary/aromatic N) is 1. The highest BCUT2D eigenvalue weighted by Gasteiger charge is 2.22. The van der Waals surface area contributed by atoms with Crippen LogP contribution in [0, 0.1) is 5.82 Å². The van der Waals surface area contributed by atoms with E-state index < -0.39 is 29.3 Å². The van der Waals surface area contributed by atoms with Gasteiger partial charge in [0.05, 0.1) is 12.8 Å². The van der Waals surface area contributed by atoms with Gasteiger partial charge >= 0.3 is 11.7 Å². The fourth-order valence-electron chi connectivity index (χ4n) is 0.954. The number of aromatic nitrogens is 2. The van der Waals surface area contributed by atoms with Gasteiger partial charge in [-0.05, 0) is 6.92 Å². The van der Waals surface area contributed by atoms with Gasteiger partial charge in [-0.25, -0.2) is 14.0 Å². The molecule has 16 heavy (non-hydrogen) atoms. The molecule has 6 nitrogen and oxygen atoms in total. The Labute approximate surface area is 87.5 Å². The first-order valence-corrected chi connectivity index (χ1v) is 4.29. The van der Waals surface area contributed by atoms with Gasteiger partial charge in [0.1, 0.15) is 0 Å². The van der Waals surface area contributed by atoms with E-state index in [1.165, 1.54) is 11.9 Å². The topological polar surface area (TPSA) is 81.2 Å². The molecule has 1 aromatic rings. The zero-order valence-corrected chi connectivity index (χ0v) is 8.20. The number of esters is 1. The van der Waals surface area contributed by atoms with Crippen molar-refractivity contribution in [1.82, 2.24) is 9.55 Å². The molecule has 1 N–H and O–H groups in total. The minimum absolute atomic E-state index is 0.0835. The lowest BCUT2D eigenvalue weighted by atomic mass is 10.5. The van der Waals surface area contributed by atoms with E-state index in [0.717, 1.165) is 0 Å². The Kier molecular flexibility index (Phi) is 3.54. The molecule has 0 radical (unpaired) electrons. The molecule has 0 spiro atoms. The lowest BCUT2D eigenvalue weighted by Crippen LogP contribution is -2.35. The number of halogens is 2. The number of ether oxygens (including phenoxy) is 1. The summed E-state index contributed by atoms with van der Waals surface area (Å²) in [5.41, 5.74) is -2.51. The summed E-state index contributed by atoms with van der Waals surface area (Å²) in [6.07, 6.45) is -2.18. The molecule has 0 bridgehead atoms. The molecule has 88 valence electrons. The highest BCUT2D eigenvalue weighted by molar-refractivity contribution is 5.72. The average molecular weight is 234 g/mol. The van der Waals surface area contributed by atoms with E-state index in [4.69, 9.17) is 0 Å².